The Bertz CT molecular complexity index is 526. The average molecular weight is 277 g/mol. The Morgan fingerprint density at radius 1 is 1.45 bits per heavy atom. The van der Waals surface area contributed by atoms with E-state index in [9.17, 15) is 9.59 Å². The second-order valence-corrected chi connectivity index (χ2v) is 5.04. The van der Waals surface area contributed by atoms with Gasteiger partial charge in [0.15, 0.2) is 0 Å². The summed E-state index contributed by atoms with van der Waals surface area (Å²) in [6, 6.07) is 2.85. The molecule has 1 fully saturated rings. The summed E-state index contributed by atoms with van der Waals surface area (Å²) in [6.45, 7) is 3.64. The van der Waals surface area contributed by atoms with E-state index in [2.05, 4.69) is 15.6 Å². The van der Waals surface area contributed by atoms with Gasteiger partial charge in [0.05, 0.1) is 5.56 Å². The average Bonchev–Trinajstić information content (AvgIpc) is 3.22. The highest BCUT2D eigenvalue weighted by Crippen LogP contribution is 2.19. The van der Waals surface area contributed by atoms with Gasteiger partial charge in [-0.15, -0.1) is 0 Å². The molecule has 0 radical (unpaired) electrons. The van der Waals surface area contributed by atoms with Crippen molar-refractivity contribution in [3.05, 3.63) is 23.4 Å². The summed E-state index contributed by atoms with van der Waals surface area (Å²) in [5.41, 5.74) is 0.858. The maximum atomic E-state index is 11.9. The van der Waals surface area contributed by atoms with Crippen molar-refractivity contribution in [2.45, 2.75) is 45.2 Å². The first kappa shape index (κ1) is 14.3. The number of anilines is 1. The molecule has 1 aliphatic rings. The van der Waals surface area contributed by atoms with Gasteiger partial charge in [-0.1, -0.05) is 6.92 Å². The van der Waals surface area contributed by atoms with Gasteiger partial charge in [0.2, 0.25) is 5.91 Å². The Morgan fingerprint density at radius 3 is 2.70 bits per heavy atom. The molecule has 1 atom stereocenters. The van der Waals surface area contributed by atoms with Gasteiger partial charge in [0, 0.05) is 11.7 Å². The quantitative estimate of drug-likeness (QED) is 0.731. The van der Waals surface area contributed by atoms with Crippen molar-refractivity contribution >= 4 is 17.7 Å². The molecule has 0 aliphatic heterocycles. The van der Waals surface area contributed by atoms with Gasteiger partial charge in [-0.25, -0.2) is 9.78 Å². The minimum absolute atomic E-state index is 0.0897. The highest BCUT2D eigenvalue weighted by molar-refractivity contribution is 5.89. The predicted molar refractivity (Wildman–Crippen MR) is 74.8 cm³/mol. The van der Waals surface area contributed by atoms with Gasteiger partial charge in [-0.3, -0.25) is 4.79 Å². The highest BCUT2D eigenvalue weighted by Gasteiger charge is 2.25. The molecule has 1 aliphatic carbocycles. The number of amides is 1. The number of carbonyl (C=O) groups is 2. The van der Waals surface area contributed by atoms with Crippen molar-refractivity contribution in [2.75, 3.05) is 5.32 Å². The largest absolute Gasteiger partial charge is 0.478 e. The number of rotatable bonds is 6. The summed E-state index contributed by atoms with van der Waals surface area (Å²) in [5, 5.41) is 14.9. The molecule has 0 aromatic carbocycles. The zero-order chi connectivity index (χ0) is 14.7. The maximum Gasteiger partial charge on any atom is 0.335 e. The Balaban J connectivity index is 2.08. The molecule has 1 aromatic heterocycles. The normalized spacial score (nSPS) is 15.5. The van der Waals surface area contributed by atoms with E-state index in [1.807, 2.05) is 6.92 Å². The topological polar surface area (TPSA) is 91.3 Å². The van der Waals surface area contributed by atoms with E-state index < -0.39 is 12.0 Å². The van der Waals surface area contributed by atoms with E-state index in [4.69, 9.17) is 5.11 Å². The predicted octanol–water partition coefficient (Wildman–Crippen LogP) is 1.42. The molecular weight excluding hydrogens is 258 g/mol. The van der Waals surface area contributed by atoms with Gasteiger partial charge in [-0.05, 0) is 38.3 Å². The van der Waals surface area contributed by atoms with Gasteiger partial charge >= 0.3 is 5.97 Å². The third-order valence-electron chi connectivity index (χ3n) is 3.17. The molecule has 108 valence electrons. The van der Waals surface area contributed by atoms with Crippen LogP contribution in [0.15, 0.2) is 12.1 Å². The lowest BCUT2D eigenvalue weighted by Gasteiger charge is -2.15. The molecule has 1 aromatic rings. The van der Waals surface area contributed by atoms with E-state index in [0.717, 1.165) is 12.8 Å². The SMILES string of the molecule is CCc1cc(C(=O)O)cc(NC(C)C(=O)NC2CC2)n1. The smallest absolute Gasteiger partial charge is 0.335 e. The minimum Gasteiger partial charge on any atom is -0.478 e. The summed E-state index contributed by atoms with van der Waals surface area (Å²) in [6.07, 6.45) is 2.70. The van der Waals surface area contributed by atoms with Crippen LogP contribution in [0, 0.1) is 0 Å². The number of hydrogen-bond donors (Lipinski definition) is 3. The molecule has 20 heavy (non-hydrogen) atoms. The third-order valence-corrected chi connectivity index (χ3v) is 3.17. The minimum atomic E-state index is -1.000. The van der Waals surface area contributed by atoms with Crippen LogP contribution in [0.4, 0.5) is 5.82 Å². The van der Waals surface area contributed by atoms with E-state index >= 15 is 0 Å². The fraction of sp³-hybridized carbons (Fsp3) is 0.500. The monoisotopic (exact) mass is 277 g/mol. The first-order chi connectivity index (χ1) is 9.49. The number of carboxylic acids is 1. The lowest BCUT2D eigenvalue weighted by atomic mass is 10.2. The van der Waals surface area contributed by atoms with Crippen molar-refractivity contribution < 1.29 is 14.7 Å². The number of aromatic nitrogens is 1. The zero-order valence-corrected chi connectivity index (χ0v) is 11.6. The first-order valence-electron chi connectivity index (χ1n) is 6.80. The standard InChI is InChI=1S/C14H19N3O3/c1-3-10-6-9(14(19)20)7-12(16-10)15-8(2)13(18)17-11-4-5-11/h6-8,11H,3-5H2,1-2H3,(H,15,16)(H,17,18)(H,19,20). The number of nitrogens with one attached hydrogen (secondary N) is 2. The Kier molecular flexibility index (Phi) is 4.22. The molecule has 1 heterocycles. The van der Waals surface area contributed by atoms with Crippen LogP contribution in [-0.4, -0.2) is 34.1 Å². The molecule has 1 unspecified atom stereocenters. The Labute approximate surface area is 117 Å². The van der Waals surface area contributed by atoms with E-state index in [1.165, 1.54) is 6.07 Å². The van der Waals surface area contributed by atoms with E-state index in [1.54, 1.807) is 13.0 Å². The molecule has 6 heteroatoms. The fourth-order valence-electron chi connectivity index (χ4n) is 1.81. The summed E-state index contributed by atoms with van der Waals surface area (Å²) in [4.78, 5) is 27.2. The number of aromatic carboxylic acids is 1. The van der Waals surface area contributed by atoms with Crippen LogP contribution in [0.5, 0.6) is 0 Å². The van der Waals surface area contributed by atoms with E-state index in [-0.39, 0.29) is 11.5 Å². The van der Waals surface area contributed by atoms with Gasteiger partial charge in [0.25, 0.3) is 0 Å². The Morgan fingerprint density at radius 2 is 2.15 bits per heavy atom. The van der Waals surface area contributed by atoms with Crippen molar-refractivity contribution in [3.8, 4) is 0 Å². The van der Waals surface area contributed by atoms with Crippen LogP contribution < -0.4 is 10.6 Å². The molecular formula is C14H19N3O3. The number of pyridine rings is 1. The molecule has 1 saturated carbocycles. The molecule has 3 N–H and O–H groups in total. The van der Waals surface area contributed by atoms with Crippen molar-refractivity contribution in [3.63, 3.8) is 0 Å². The molecule has 2 rings (SSSR count). The lowest BCUT2D eigenvalue weighted by molar-refractivity contribution is -0.121. The van der Waals surface area contributed by atoms with Gasteiger partial charge in [-0.2, -0.15) is 0 Å². The Hall–Kier alpha value is -2.11. The second-order valence-electron chi connectivity index (χ2n) is 5.04. The second kappa shape index (κ2) is 5.90. The first-order valence-corrected chi connectivity index (χ1v) is 6.80. The fourth-order valence-corrected chi connectivity index (χ4v) is 1.81. The summed E-state index contributed by atoms with van der Waals surface area (Å²) >= 11 is 0. The number of carboxylic acid groups (broad SMARTS) is 1. The van der Waals surface area contributed by atoms with Crippen molar-refractivity contribution in [2.24, 2.45) is 0 Å². The van der Waals surface area contributed by atoms with Gasteiger partial charge < -0.3 is 15.7 Å². The number of hydrogen-bond acceptors (Lipinski definition) is 4. The van der Waals surface area contributed by atoms with Crippen LogP contribution >= 0.6 is 0 Å². The van der Waals surface area contributed by atoms with Crippen molar-refractivity contribution in [1.82, 2.24) is 10.3 Å². The van der Waals surface area contributed by atoms with Crippen LogP contribution in [0.3, 0.4) is 0 Å². The lowest BCUT2D eigenvalue weighted by Crippen LogP contribution is -2.38. The summed E-state index contributed by atoms with van der Waals surface area (Å²) in [5.74, 6) is -0.673. The molecule has 0 saturated heterocycles. The molecule has 1 amide bonds. The van der Waals surface area contributed by atoms with Crippen LogP contribution in [0.2, 0.25) is 0 Å². The molecule has 0 bridgehead atoms. The number of nitrogens with zero attached hydrogens (tertiary/aromatic N) is 1. The zero-order valence-electron chi connectivity index (χ0n) is 11.6. The molecule has 0 spiro atoms. The summed E-state index contributed by atoms with van der Waals surface area (Å²) < 4.78 is 0. The number of carbonyl (C=O) groups excluding carboxylic acids is 1. The summed E-state index contributed by atoms with van der Waals surface area (Å²) in [7, 11) is 0. The third kappa shape index (κ3) is 3.69. The maximum absolute atomic E-state index is 11.9. The molecule has 6 nitrogen and oxygen atoms in total. The van der Waals surface area contributed by atoms with Crippen LogP contribution in [0.25, 0.3) is 0 Å². The number of aryl methyl sites for hydroxylation is 1. The van der Waals surface area contributed by atoms with E-state index in [0.29, 0.717) is 24.0 Å². The van der Waals surface area contributed by atoms with Gasteiger partial charge in [0.1, 0.15) is 11.9 Å². The van der Waals surface area contributed by atoms with Crippen LogP contribution in [-0.2, 0) is 11.2 Å². The van der Waals surface area contributed by atoms with Crippen molar-refractivity contribution in [1.29, 1.82) is 0 Å². The highest BCUT2D eigenvalue weighted by atomic mass is 16.4. The van der Waals surface area contributed by atoms with Crippen LogP contribution in [0.1, 0.15) is 42.7 Å².